The van der Waals surface area contributed by atoms with E-state index < -0.39 is 66.2 Å². The van der Waals surface area contributed by atoms with Crippen LogP contribution in [0.4, 0.5) is 0 Å². The molecule has 3 amide bonds. The molecule has 0 spiro atoms. The van der Waals surface area contributed by atoms with Gasteiger partial charge in [-0.1, -0.05) is 38.5 Å². The topological polar surface area (TPSA) is 268 Å². The van der Waals surface area contributed by atoms with Gasteiger partial charge in [0.05, 0.1) is 6.04 Å². The Bertz CT molecular complexity index is 1310. The number of H-pyrrole nitrogens is 1. The molecular formula is C28H42N8O7. The standard InChI is InChI=1S/C28H42N8O7/c1-3-15(2)23(26(41)35-21(27(42)43)10-11-22(37)38)36-25(40)20(9-6-12-32-28(30)31)34-24(39)18(29)13-16-14-33-19-8-5-4-7-17(16)19/h4-5,7-8,14-15,18,20-21,23,33H,3,6,9-13,29H2,1-2H3,(H,34,39)(H,35,41)(H,36,40)(H,37,38)(H,42,43)(H4,30,31,32). The average Bonchev–Trinajstić information content (AvgIpc) is 3.36. The van der Waals surface area contributed by atoms with Gasteiger partial charge in [-0.2, -0.15) is 0 Å². The first-order valence-electron chi connectivity index (χ1n) is 14.1. The molecule has 1 heterocycles. The maximum Gasteiger partial charge on any atom is 0.326 e. The molecular weight excluding hydrogens is 560 g/mol. The second kappa shape index (κ2) is 16.7. The van der Waals surface area contributed by atoms with Crippen molar-refractivity contribution in [3.05, 3.63) is 36.0 Å². The molecule has 0 fully saturated rings. The van der Waals surface area contributed by atoms with Crippen LogP contribution < -0.4 is 33.2 Å². The molecule has 236 valence electrons. The number of para-hydroxylation sites is 1. The molecule has 2 aromatic rings. The highest BCUT2D eigenvalue weighted by Gasteiger charge is 2.33. The van der Waals surface area contributed by atoms with Crippen molar-refractivity contribution >= 4 is 46.5 Å². The Morgan fingerprint density at radius 1 is 0.953 bits per heavy atom. The lowest BCUT2D eigenvalue weighted by molar-refractivity contribution is -0.143. The van der Waals surface area contributed by atoms with E-state index in [9.17, 15) is 29.1 Å². The monoisotopic (exact) mass is 602 g/mol. The first-order valence-corrected chi connectivity index (χ1v) is 14.1. The molecule has 0 saturated carbocycles. The van der Waals surface area contributed by atoms with Gasteiger partial charge in [0.15, 0.2) is 5.96 Å². The Balaban J connectivity index is 2.19. The number of rotatable bonds is 18. The highest BCUT2D eigenvalue weighted by Crippen LogP contribution is 2.19. The van der Waals surface area contributed by atoms with Crippen LogP contribution in [0.5, 0.6) is 0 Å². The van der Waals surface area contributed by atoms with Crippen molar-refractivity contribution in [1.82, 2.24) is 20.9 Å². The van der Waals surface area contributed by atoms with Crippen LogP contribution in [0.15, 0.2) is 35.5 Å². The predicted molar refractivity (Wildman–Crippen MR) is 160 cm³/mol. The Morgan fingerprint density at radius 3 is 2.26 bits per heavy atom. The second-order valence-corrected chi connectivity index (χ2v) is 10.4. The van der Waals surface area contributed by atoms with Crippen LogP contribution in [-0.2, 0) is 30.4 Å². The number of carbonyl (C=O) groups is 5. The van der Waals surface area contributed by atoms with Crippen LogP contribution >= 0.6 is 0 Å². The molecule has 0 aliphatic heterocycles. The van der Waals surface area contributed by atoms with Gasteiger partial charge in [0.25, 0.3) is 0 Å². The first-order chi connectivity index (χ1) is 20.3. The van der Waals surface area contributed by atoms with Gasteiger partial charge in [0.2, 0.25) is 17.7 Å². The summed E-state index contributed by atoms with van der Waals surface area (Å²) in [6.45, 7) is 3.66. The minimum Gasteiger partial charge on any atom is -0.481 e. The Hall–Kier alpha value is -4.66. The number of amides is 3. The van der Waals surface area contributed by atoms with Crippen LogP contribution in [0.2, 0.25) is 0 Å². The van der Waals surface area contributed by atoms with E-state index in [2.05, 4.69) is 25.9 Å². The SMILES string of the molecule is CCC(C)C(NC(=O)C(CCCN=C(N)N)NC(=O)C(N)Cc1c[nH]c2ccccc12)C(=O)NC(CCC(=O)O)C(=O)O. The minimum absolute atomic E-state index is 0.110. The smallest absolute Gasteiger partial charge is 0.326 e. The van der Waals surface area contributed by atoms with Gasteiger partial charge in [0.1, 0.15) is 18.1 Å². The quantitative estimate of drug-likeness (QED) is 0.0602. The van der Waals surface area contributed by atoms with Gasteiger partial charge in [0, 0.05) is 30.1 Å². The van der Waals surface area contributed by atoms with Gasteiger partial charge in [-0.15, -0.1) is 0 Å². The molecule has 0 radical (unpaired) electrons. The zero-order chi connectivity index (χ0) is 32.1. The molecule has 5 atom stereocenters. The predicted octanol–water partition coefficient (Wildman–Crippen LogP) is -0.459. The van der Waals surface area contributed by atoms with Crippen LogP contribution in [0.3, 0.4) is 0 Å². The summed E-state index contributed by atoms with van der Waals surface area (Å²) in [4.78, 5) is 69.3. The number of carbonyl (C=O) groups excluding carboxylic acids is 3. The summed E-state index contributed by atoms with van der Waals surface area (Å²) in [6.07, 6.45) is 2.03. The summed E-state index contributed by atoms with van der Waals surface area (Å²) in [7, 11) is 0. The third-order valence-electron chi connectivity index (χ3n) is 7.08. The van der Waals surface area contributed by atoms with Crippen molar-refractivity contribution in [2.24, 2.45) is 28.1 Å². The summed E-state index contributed by atoms with van der Waals surface area (Å²) < 4.78 is 0. The zero-order valence-corrected chi connectivity index (χ0v) is 24.3. The number of nitrogens with two attached hydrogens (primary N) is 3. The number of carboxylic acid groups (broad SMARTS) is 2. The van der Waals surface area contributed by atoms with Crippen molar-refractivity contribution in [3.63, 3.8) is 0 Å². The van der Waals surface area contributed by atoms with E-state index in [1.54, 1.807) is 20.0 Å². The maximum atomic E-state index is 13.5. The lowest BCUT2D eigenvalue weighted by atomic mass is 9.96. The number of benzene rings is 1. The van der Waals surface area contributed by atoms with E-state index in [0.29, 0.717) is 12.8 Å². The zero-order valence-electron chi connectivity index (χ0n) is 24.3. The van der Waals surface area contributed by atoms with Gasteiger partial charge in [-0.25, -0.2) is 4.79 Å². The summed E-state index contributed by atoms with van der Waals surface area (Å²) in [6, 6.07) is 2.82. The van der Waals surface area contributed by atoms with Crippen LogP contribution in [-0.4, -0.2) is 81.5 Å². The minimum atomic E-state index is -1.47. The number of aromatic amines is 1. The number of hydrogen-bond donors (Lipinski definition) is 9. The Labute approximate surface area is 249 Å². The van der Waals surface area contributed by atoms with Gasteiger partial charge in [-0.3, -0.25) is 24.2 Å². The largest absolute Gasteiger partial charge is 0.481 e. The highest BCUT2D eigenvalue weighted by atomic mass is 16.4. The van der Waals surface area contributed by atoms with Gasteiger partial charge in [-0.05, 0) is 43.2 Å². The molecule has 0 saturated heterocycles. The normalized spacial score (nSPS) is 14.5. The van der Waals surface area contributed by atoms with Crippen molar-refractivity contribution in [3.8, 4) is 0 Å². The lowest BCUT2D eigenvalue weighted by Gasteiger charge is -2.28. The number of nitrogens with one attached hydrogen (secondary N) is 4. The third kappa shape index (κ3) is 10.9. The maximum absolute atomic E-state index is 13.5. The second-order valence-electron chi connectivity index (χ2n) is 10.4. The van der Waals surface area contributed by atoms with E-state index in [1.807, 2.05) is 24.3 Å². The van der Waals surface area contributed by atoms with E-state index in [0.717, 1.165) is 16.5 Å². The number of guanidine groups is 1. The number of aliphatic imine (C=N–C) groups is 1. The van der Waals surface area contributed by atoms with E-state index in [4.69, 9.17) is 22.3 Å². The van der Waals surface area contributed by atoms with Crippen molar-refractivity contribution in [2.75, 3.05) is 6.54 Å². The van der Waals surface area contributed by atoms with Crippen LogP contribution in [0, 0.1) is 5.92 Å². The lowest BCUT2D eigenvalue weighted by Crippen LogP contribution is -2.58. The number of fused-ring (bicyclic) bond motifs is 1. The van der Waals surface area contributed by atoms with Crippen molar-refractivity contribution in [1.29, 1.82) is 0 Å². The molecule has 1 aromatic heterocycles. The fraction of sp³-hybridized carbons (Fsp3) is 0.500. The fourth-order valence-electron chi connectivity index (χ4n) is 4.42. The molecule has 0 aliphatic rings. The van der Waals surface area contributed by atoms with Crippen LogP contribution in [0.1, 0.15) is 51.5 Å². The van der Waals surface area contributed by atoms with E-state index in [1.165, 1.54) is 0 Å². The molecule has 12 N–H and O–H groups in total. The Kier molecular flexibility index (Phi) is 13.4. The molecule has 0 bridgehead atoms. The average molecular weight is 603 g/mol. The number of aromatic nitrogens is 1. The number of nitrogens with zero attached hydrogens (tertiary/aromatic N) is 1. The molecule has 43 heavy (non-hydrogen) atoms. The summed E-state index contributed by atoms with van der Waals surface area (Å²) in [5, 5.41) is 26.9. The fourth-order valence-corrected chi connectivity index (χ4v) is 4.42. The summed E-state index contributed by atoms with van der Waals surface area (Å²) in [5.41, 5.74) is 18.7. The van der Waals surface area contributed by atoms with Crippen LogP contribution in [0.25, 0.3) is 10.9 Å². The molecule has 1 aromatic carbocycles. The van der Waals surface area contributed by atoms with E-state index in [-0.39, 0.29) is 31.8 Å². The Morgan fingerprint density at radius 2 is 1.63 bits per heavy atom. The molecule has 0 aliphatic carbocycles. The molecule has 2 rings (SSSR count). The van der Waals surface area contributed by atoms with Gasteiger partial charge >= 0.3 is 11.9 Å². The van der Waals surface area contributed by atoms with Crippen molar-refractivity contribution in [2.45, 2.75) is 76.5 Å². The van der Waals surface area contributed by atoms with Gasteiger partial charge < -0.3 is 48.3 Å². The summed E-state index contributed by atoms with van der Waals surface area (Å²) in [5.74, 6) is -5.24. The van der Waals surface area contributed by atoms with E-state index >= 15 is 0 Å². The highest BCUT2D eigenvalue weighted by molar-refractivity contribution is 5.94. The number of carboxylic acids is 2. The number of hydrogen-bond acceptors (Lipinski definition) is 7. The molecule has 15 nitrogen and oxygen atoms in total. The summed E-state index contributed by atoms with van der Waals surface area (Å²) >= 11 is 0. The molecule has 15 heteroatoms. The first kappa shape index (κ1) is 34.5. The third-order valence-corrected chi connectivity index (χ3v) is 7.08. The number of aliphatic carboxylic acids is 2. The van der Waals surface area contributed by atoms with Crippen molar-refractivity contribution < 1.29 is 34.2 Å². The molecule has 5 unspecified atom stereocenters.